The normalized spacial score (nSPS) is 22.7. The SMILES string of the molecule is O=C(Nc1ccccc1F)N1CCN(C(=O)C2CCS(=O)(=O)C2)CC1. The van der Waals surface area contributed by atoms with Gasteiger partial charge < -0.3 is 15.1 Å². The molecule has 136 valence electrons. The summed E-state index contributed by atoms with van der Waals surface area (Å²) < 4.78 is 36.6. The van der Waals surface area contributed by atoms with E-state index < -0.39 is 27.6 Å². The molecular formula is C16H20FN3O4S. The van der Waals surface area contributed by atoms with Gasteiger partial charge in [-0.25, -0.2) is 17.6 Å². The molecule has 2 saturated heterocycles. The first-order chi connectivity index (χ1) is 11.9. The first-order valence-corrected chi connectivity index (χ1v) is 9.97. The van der Waals surface area contributed by atoms with Gasteiger partial charge in [-0.15, -0.1) is 0 Å². The lowest BCUT2D eigenvalue weighted by atomic mass is 10.1. The van der Waals surface area contributed by atoms with Gasteiger partial charge in [-0.2, -0.15) is 0 Å². The molecule has 0 radical (unpaired) electrons. The third kappa shape index (κ3) is 4.09. The van der Waals surface area contributed by atoms with Gasteiger partial charge >= 0.3 is 6.03 Å². The van der Waals surface area contributed by atoms with Crippen molar-refractivity contribution < 1.29 is 22.4 Å². The second-order valence-corrected chi connectivity index (χ2v) is 8.55. The minimum atomic E-state index is -3.10. The number of carbonyl (C=O) groups is 2. The van der Waals surface area contributed by atoms with Gasteiger partial charge in [0.05, 0.1) is 23.1 Å². The fraction of sp³-hybridized carbons (Fsp3) is 0.500. The van der Waals surface area contributed by atoms with Gasteiger partial charge in [0.2, 0.25) is 5.91 Å². The second-order valence-electron chi connectivity index (χ2n) is 6.32. The lowest BCUT2D eigenvalue weighted by molar-refractivity contribution is -0.136. The maximum atomic E-state index is 13.6. The lowest BCUT2D eigenvalue weighted by Crippen LogP contribution is -2.53. The first-order valence-electron chi connectivity index (χ1n) is 8.15. The Hall–Kier alpha value is -2.16. The molecular weight excluding hydrogens is 349 g/mol. The summed E-state index contributed by atoms with van der Waals surface area (Å²) in [5.41, 5.74) is 0.113. The van der Waals surface area contributed by atoms with Crippen molar-refractivity contribution >= 4 is 27.5 Å². The monoisotopic (exact) mass is 369 g/mol. The summed E-state index contributed by atoms with van der Waals surface area (Å²) in [6, 6.07) is 5.50. The third-order valence-electron chi connectivity index (χ3n) is 4.58. The van der Waals surface area contributed by atoms with Crippen molar-refractivity contribution in [1.29, 1.82) is 0 Å². The Labute approximate surface area is 145 Å². The molecule has 0 aromatic heterocycles. The molecule has 2 fully saturated rings. The quantitative estimate of drug-likeness (QED) is 0.840. The minimum absolute atomic E-state index is 0.0639. The van der Waals surface area contributed by atoms with E-state index in [4.69, 9.17) is 0 Å². The van der Waals surface area contributed by atoms with E-state index in [0.717, 1.165) is 0 Å². The molecule has 9 heteroatoms. The highest BCUT2D eigenvalue weighted by Gasteiger charge is 2.36. The van der Waals surface area contributed by atoms with E-state index in [1.54, 1.807) is 17.0 Å². The Morgan fingerprint density at radius 1 is 1.08 bits per heavy atom. The summed E-state index contributed by atoms with van der Waals surface area (Å²) in [5.74, 6) is -1.15. The van der Waals surface area contributed by atoms with Crippen LogP contribution in [-0.2, 0) is 14.6 Å². The summed E-state index contributed by atoms with van der Waals surface area (Å²) in [5, 5.41) is 2.52. The molecule has 0 bridgehead atoms. The highest BCUT2D eigenvalue weighted by Crippen LogP contribution is 2.21. The molecule has 2 aliphatic rings. The number of anilines is 1. The second kappa shape index (κ2) is 6.99. The number of sulfone groups is 1. The zero-order valence-electron chi connectivity index (χ0n) is 13.7. The maximum absolute atomic E-state index is 13.6. The van der Waals surface area contributed by atoms with Crippen LogP contribution in [0.5, 0.6) is 0 Å². The first kappa shape index (κ1) is 17.7. The molecule has 25 heavy (non-hydrogen) atoms. The summed E-state index contributed by atoms with van der Waals surface area (Å²) in [7, 11) is -3.10. The Kier molecular flexibility index (Phi) is 4.94. The summed E-state index contributed by atoms with van der Waals surface area (Å²) in [6.45, 7) is 1.34. The Morgan fingerprint density at radius 3 is 2.32 bits per heavy atom. The highest BCUT2D eigenvalue weighted by atomic mass is 32.2. The number of amides is 3. The molecule has 1 atom stereocenters. The molecule has 3 rings (SSSR count). The van der Waals surface area contributed by atoms with E-state index in [1.165, 1.54) is 17.0 Å². The highest BCUT2D eigenvalue weighted by molar-refractivity contribution is 7.91. The van der Waals surface area contributed by atoms with Crippen molar-refractivity contribution in [1.82, 2.24) is 9.80 Å². The smallest absolute Gasteiger partial charge is 0.322 e. The molecule has 1 aromatic rings. The molecule has 1 aromatic carbocycles. The van der Waals surface area contributed by atoms with Crippen molar-refractivity contribution in [3.63, 3.8) is 0 Å². The van der Waals surface area contributed by atoms with Crippen LogP contribution in [0.25, 0.3) is 0 Å². The van der Waals surface area contributed by atoms with Crippen molar-refractivity contribution in [2.45, 2.75) is 6.42 Å². The van der Waals surface area contributed by atoms with E-state index in [0.29, 0.717) is 32.6 Å². The number of para-hydroxylation sites is 1. The van der Waals surface area contributed by atoms with Crippen molar-refractivity contribution in [3.8, 4) is 0 Å². The van der Waals surface area contributed by atoms with Gasteiger partial charge in [0.1, 0.15) is 5.82 Å². The standard InChI is InChI=1S/C16H20FN3O4S/c17-13-3-1-2-4-14(13)18-16(22)20-8-6-19(7-9-20)15(21)12-5-10-25(23,24)11-12/h1-4,12H,5-11H2,(H,18,22). The van der Waals surface area contributed by atoms with E-state index in [9.17, 15) is 22.4 Å². The number of rotatable bonds is 2. The van der Waals surface area contributed by atoms with Gasteiger partial charge in [-0.3, -0.25) is 4.79 Å². The van der Waals surface area contributed by atoms with Crippen LogP contribution in [-0.4, -0.2) is 67.8 Å². The molecule has 1 N–H and O–H groups in total. The number of halogens is 1. The van der Waals surface area contributed by atoms with Crippen LogP contribution in [0.1, 0.15) is 6.42 Å². The largest absolute Gasteiger partial charge is 0.339 e. The summed E-state index contributed by atoms with van der Waals surface area (Å²) >= 11 is 0. The number of hydrogen-bond donors (Lipinski definition) is 1. The van der Waals surface area contributed by atoms with E-state index >= 15 is 0 Å². The maximum Gasteiger partial charge on any atom is 0.322 e. The number of carbonyl (C=O) groups excluding carboxylic acids is 2. The van der Waals surface area contributed by atoms with E-state index in [2.05, 4.69) is 5.32 Å². The number of nitrogens with zero attached hydrogens (tertiary/aromatic N) is 2. The minimum Gasteiger partial charge on any atom is -0.339 e. The van der Waals surface area contributed by atoms with Crippen LogP contribution in [0.15, 0.2) is 24.3 Å². The number of benzene rings is 1. The fourth-order valence-electron chi connectivity index (χ4n) is 3.13. The van der Waals surface area contributed by atoms with Crippen molar-refractivity contribution in [2.24, 2.45) is 5.92 Å². The number of urea groups is 1. The fourth-order valence-corrected chi connectivity index (χ4v) is 4.87. The van der Waals surface area contributed by atoms with Crippen LogP contribution in [0, 0.1) is 11.7 Å². The van der Waals surface area contributed by atoms with Crippen LogP contribution >= 0.6 is 0 Å². The van der Waals surface area contributed by atoms with Crippen molar-refractivity contribution in [2.75, 3.05) is 43.0 Å². The molecule has 1 unspecified atom stereocenters. The average molecular weight is 369 g/mol. The molecule has 2 heterocycles. The van der Waals surface area contributed by atoms with Crippen LogP contribution in [0.2, 0.25) is 0 Å². The van der Waals surface area contributed by atoms with Crippen LogP contribution in [0.3, 0.4) is 0 Å². The molecule has 0 spiro atoms. The van der Waals surface area contributed by atoms with Crippen LogP contribution in [0.4, 0.5) is 14.9 Å². The zero-order valence-corrected chi connectivity index (χ0v) is 14.5. The summed E-state index contributed by atoms with van der Waals surface area (Å²) in [6.07, 6.45) is 0.370. The zero-order chi connectivity index (χ0) is 18.0. The lowest BCUT2D eigenvalue weighted by Gasteiger charge is -2.35. The number of piperazine rings is 1. The van der Waals surface area contributed by atoms with Gasteiger partial charge in [0.15, 0.2) is 9.84 Å². The number of hydrogen-bond acceptors (Lipinski definition) is 4. The number of nitrogens with one attached hydrogen (secondary N) is 1. The van der Waals surface area contributed by atoms with E-state index in [1.807, 2.05) is 0 Å². The summed E-state index contributed by atoms with van der Waals surface area (Å²) in [4.78, 5) is 27.7. The van der Waals surface area contributed by atoms with Gasteiger partial charge in [-0.1, -0.05) is 12.1 Å². The predicted molar refractivity (Wildman–Crippen MR) is 90.3 cm³/mol. The Balaban J connectivity index is 1.52. The third-order valence-corrected chi connectivity index (χ3v) is 6.34. The van der Waals surface area contributed by atoms with Gasteiger partial charge in [0.25, 0.3) is 0 Å². The molecule has 2 aliphatic heterocycles. The average Bonchev–Trinajstić information content (AvgIpc) is 2.96. The van der Waals surface area contributed by atoms with Crippen LogP contribution < -0.4 is 5.32 Å². The molecule has 0 aliphatic carbocycles. The molecule has 7 nitrogen and oxygen atoms in total. The molecule has 3 amide bonds. The molecule has 0 saturated carbocycles. The Morgan fingerprint density at radius 2 is 1.72 bits per heavy atom. The van der Waals surface area contributed by atoms with Gasteiger partial charge in [0, 0.05) is 26.2 Å². The topological polar surface area (TPSA) is 86.8 Å². The predicted octanol–water partition coefficient (Wildman–Crippen LogP) is 0.936. The van der Waals surface area contributed by atoms with Crippen molar-refractivity contribution in [3.05, 3.63) is 30.1 Å². The van der Waals surface area contributed by atoms with E-state index in [-0.39, 0.29) is 23.1 Å². The Bertz CT molecular complexity index is 775. The van der Waals surface area contributed by atoms with Gasteiger partial charge in [-0.05, 0) is 18.6 Å².